The van der Waals surface area contributed by atoms with Crippen molar-refractivity contribution < 1.29 is 18.7 Å². The maximum Gasteiger partial charge on any atom is 0.255 e. The van der Waals surface area contributed by atoms with E-state index in [1.165, 1.54) is 13.2 Å². The van der Waals surface area contributed by atoms with Crippen LogP contribution in [-0.2, 0) is 0 Å². The standard InChI is InChI=1S/C25H30FN5O3/c1-13-21(25(32)31-16-6-8-27-9-7-16)23-24(28-13)22(29-14(2)30-23)17-10-18(26)20(33-3)11-19(17)34-12-15-4-5-15/h10-11,15-16,27-28H,4-9,12H2,1-3H3,(H,31,32). The third kappa shape index (κ3) is 4.44. The van der Waals surface area contributed by atoms with Crippen molar-refractivity contribution in [2.45, 2.75) is 45.6 Å². The van der Waals surface area contributed by atoms with E-state index < -0.39 is 5.82 Å². The smallest absolute Gasteiger partial charge is 0.255 e. The molecule has 1 aromatic carbocycles. The van der Waals surface area contributed by atoms with E-state index >= 15 is 0 Å². The summed E-state index contributed by atoms with van der Waals surface area (Å²) in [6.07, 6.45) is 4.05. The van der Waals surface area contributed by atoms with Crippen LogP contribution in [0.5, 0.6) is 11.5 Å². The average Bonchev–Trinajstić information content (AvgIpc) is 3.59. The van der Waals surface area contributed by atoms with Gasteiger partial charge in [0.05, 0.1) is 24.8 Å². The number of rotatable bonds is 7. The highest BCUT2D eigenvalue weighted by atomic mass is 19.1. The van der Waals surface area contributed by atoms with E-state index in [2.05, 4.69) is 25.6 Å². The van der Waals surface area contributed by atoms with Crippen LogP contribution in [0.3, 0.4) is 0 Å². The summed E-state index contributed by atoms with van der Waals surface area (Å²) in [4.78, 5) is 25.8. The van der Waals surface area contributed by atoms with E-state index in [0.29, 0.717) is 57.6 Å². The molecule has 1 aliphatic heterocycles. The molecule has 0 radical (unpaired) electrons. The first kappa shape index (κ1) is 22.6. The van der Waals surface area contributed by atoms with Crippen LogP contribution < -0.4 is 20.1 Å². The Hall–Kier alpha value is -3.20. The van der Waals surface area contributed by atoms with E-state index in [1.54, 1.807) is 13.0 Å². The summed E-state index contributed by atoms with van der Waals surface area (Å²) in [6.45, 7) is 5.94. The molecule has 3 N–H and O–H groups in total. The molecule has 180 valence electrons. The first-order chi connectivity index (χ1) is 16.4. The predicted molar refractivity (Wildman–Crippen MR) is 127 cm³/mol. The molecule has 1 saturated carbocycles. The maximum atomic E-state index is 14.8. The summed E-state index contributed by atoms with van der Waals surface area (Å²) < 4.78 is 26.1. The van der Waals surface area contributed by atoms with Crippen molar-refractivity contribution in [3.63, 3.8) is 0 Å². The molecular weight excluding hydrogens is 437 g/mol. The van der Waals surface area contributed by atoms with Crippen LogP contribution in [0.25, 0.3) is 22.3 Å². The number of hydrogen-bond donors (Lipinski definition) is 3. The summed E-state index contributed by atoms with van der Waals surface area (Å²) in [5, 5.41) is 6.45. The van der Waals surface area contributed by atoms with E-state index in [9.17, 15) is 9.18 Å². The van der Waals surface area contributed by atoms with Gasteiger partial charge in [-0.05, 0) is 64.6 Å². The Morgan fingerprint density at radius 2 is 1.91 bits per heavy atom. The molecule has 3 aromatic rings. The molecule has 2 aliphatic rings. The van der Waals surface area contributed by atoms with Gasteiger partial charge in [-0.1, -0.05) is 0 Å². The van der Waals surface area contributed by atoms with Crippen molar-refractivity contribution in [3.8, 4) is 22.8 Å². The van der Waals surface area contributed by atoms with Gasteiger partial charge in [0.25, 0.3) is 5.91 Å². The second-order valence-electron chi connectivity index (χ2n) is 9.20. The van der Waals surface area contributed by atoms with Crippen molar-refractivity contribution in [2.75, 3.05) is 26.8 Å². The third-order valence-electron chi connectivity index (χ3n) is 6.53. The number of nitrogens with zero attached hydrogens (tertiary/aromatic N) is 2. The number of benzene rings is 1. The Labute approximate surface area is 197 Å². The van der Waals surface area contributed by atoms with Gasteiger partial charge in [0.1, 0.15) is 22.8 Å². The van der Waals surface area contributed by atoms with Gasteiger partial charge in [0.2, 0.25) is 0 Å². The fourth-order valence-corrected chi connectivity index (χ4v) is 4.48. The Bertz CT molecular complexity index is 1230. The number of ether oxygens (including phenoxy) is 2. The lowest BCUT2D eigenvalue weighted by Crippen LogP contribution is -2.42. The van der Waals surface area contributed by atoms with Crippen LogP contribution >= 0.6 is 0 Å². The van der Waals surface area contributed by atoms with Crippen LogP contribution in [0.2, 0.25) is 0 Å². The molecule has 1 aliphatic carbocycles. The number of aromatic amines is 1. The number of methoxy groups -OCH3 is 1. The quantitative estimate of drug-likeness (QED) is 0.490. The molecule has 0 spiro atoms. The number of piperidine rings is 1. The van der Waals surface area contributed by atoms with Crippen molar-refractivity contribution in [1.82, 2.24) is 25.6 Å². The lowest BCUT2D eigenvalue weighted by molar-refractivity contribution is 0.0930. The number of hydrogen-bond acceptors (Lipinski definition) is 6. The number of halogens is 1. The Morgan fingerprint density at radius 1 is 1.15 bits per heavy atom. The fourth-order valence-electron chi connectivity index (χ4n) is 4.48. The lowest BCUT2D eigenvalue weighted by Gasteiger charge is -2.23. The minimum absolute atomic E-state index is 0.112. The second-order valence-corrected chi connectivity index (χ2v) is 9.20. The highest BCUT2D eigenvalue weighted by Crippen LogP contribution is 2.39. The molecule has 0 atom stereocenters. The monoisotopic (exact) mass is 467 g/mol. The van der Waals surface area contributed by atoms with Crippen molar-refractivity contribution >= 4 is 16.9 Å². The second kappa shape index (κ2) is 9.21. The van der Waals surface area contributed by atoms with E-state index in [0.717, 1.165) is 38.8 Å². The van der Waals surface area contributed by atoms with E-state index in [-0.39, 0.29) is 17.7 Å². The van der Waals surface area contributed by atoms with Crippen LogP contribution in [0.15, 0.2) is 12.1 Å². The molecule has 3 heterocycles. The number of aryl methyl sites for hydroxylation is 2. The Kier molecular flexibility index (Phi) is 6.12. The molecule has 0 bridgehead atoms. The lowest BCUT2D eigenvalue weighted by atomic mass is 10.1. The number of carbonyl (C=O) groups is 1. The predicted octanol–water partition coefficient (Wildman–Crippen LogP) is 3.66. The number of carbonyl (C=O) groups excluding carboxylic acids is 1. The van der Waals surface area contributed by atoms with Gasteiger partial charge < -0.3 is 25.1 Å². The van der Waals surface area contributed by atoms with Gasteiger partial charge in [-0.3, -0.25) is 4.79 Å². The zero-order valence-corrected chi connectivity index (χ0v) is 19.8. The van der Waals surface area contributed by atoms with Gasteiger partial charge >= 0.3 is 0 Å². The molecule has 8 nitrogen and oxygen atoms in total. The average molecular weight is 468 g/mol. The van der Waals surface area contributed by atoms with Gasteiger partial charge in [0.15, 0.2) is 11.6 Å². The Balaban J connectivity index is 1.58. The first-order valence-corrected chi connectivity index (χ1v) is 11.8. The van der Waals surface area contributed by atoms with Crippen LogP contribution in [0, 0.1) is 25.6 Å². The van der Waals surface area contributed by atoms with Gasteiger partial charge in [-0.25, -0.2) is 14.4 Å². The SMILES string of the molecule is COc1cc(OCC2CC2)c(-c2nc(C)nc3c(C(=O)NC4CCNCC4)c(C)[nH]c23)cc1F. The molecule has 9 heteroatoms. The number of aromatic nitrogens is 3. The minimum Gasteiger partial charge on any atom is -0.494 e. The normalized spacial score (nSPS) is 16.6. The summed E-state index contributed by atoms with van der Waals surface area (Å²) in [6, 6.07) is 3.07. The van der Waals surface area contributed by atoms with Gasteiger partial charge in [-0.2, -0.15) is 0 Å². The number of H-pyrrole nitrogens is 1. The van der Waals surface area contributed by atoms with Gasteiger partial charge in [-0.15, -0.1) is 0 Å². The minimum atomic E-state index is -0.507. The molecule has 5 rings (SSSR count). The van der Waals surface area contributed by atoms with Crippen molar-refractivity contribution in [1.29, 1.82) is 0 Å². The fraction of sp³-hybridized carbons (Fsp3) is 0.480. The molecule has 0 unspecified atom stereocenters. The summed E-state index contributed by atoms with van der Waals surface area (Å²) in [7, 11) is 1.43. The van der Waals surface area contributed by atoms with E-state index in [4.69, 9.17) is 9.47 Å². The Morgan fingerprint density at radius 3 is 2.62 bits per heavy atom. The van der Waals surface area contributed by atoms with Crippen LogP contribution in [-0.4, -0.2) is 53.7 Å². The molecule has 1 amide bonds. The maximum absolute atomic E-state index is 14.8. The van der Waals surface area contributed by atoms with Crippen molar-refractivity contribution in [3.05, 3.63) is 35.0 Å². The number of amides is 1. The highest BCUT2D eigenvalue weighted by molar-refractivity contribution is 6.09. The highest BCUT2D eigenvalue weighted by Gasteiger charge is 2.27. The zero-order valence-electron chi connectivity index (χ0n) is 19.8. The number of fused-ring (bicyclic) bond motifs is 1. The number of nitrogens with one attached hydrogen (secondary N) is 3. The van der Waals surface area contributed by atoms with Crippen LogP contribution in [0.4, 0.5) is 4.39 Å². The third-order valence-corrected chi connectivity index (χ3v) is 6.53. The largest absolute Gasteiger partial charge is 0.494 e. The van der Waals surface area contributed by atoms with E-state index in [1.807, 2.05) is 6.92 Å². The molecule has 34 heavy (non-hydrogen) atoms. The summed E-state index contributed by atoms with van der Waals surface area (Å²) >= 11 is 0. The summed E-state index contributed by atoms with van der Waals surface area (Å²) in [5.41, 5.74) is 3.29. The molecule has 1 saturated heterocycles. The molecule has 2 aromatic heterocycles. The topological polar surface area (TPSA) is 101 Å². The van der Waals surface area contributed by atoms with Crippen LogP contribution in [0.1, 0.15) is 47.6 Å². The molecule has 2 fully saturated rings. The zero-order chi connectivity index (χ0) is 23.8. The first-order valence-electron chi connectivity index (χ1n) is 11.8. The summed E-state index contributed by atoms with van der Waals surface area (Å²) in [5.74, 6) is 0.952. The van der Waals surface area contributed by atoms with Gasteiger partial charge in [0, 0.05) is 23.4 Å². The molecular formula is C25H30FN5O3. The van der Waals surface area contributed by atoms with Crippen molar-refractivity contribution in [2.24, 2.45) is 5.92 Å².